The van der Waals surface area contributed by atoms with Gasteiger partial charge in [0.05, 0.1) is 5.92 Å². The van der Waals surface area contributed by atoms with Crippen molar-refractivity contribution in [2.45, 2.75) is 65.9 Å². The highest BCUT2D eigenvalue weighted by atomic mass is 16.6. The van der Waals surface area contributed by atoms with Crippen molar-refractivity contribution in [1.29, 1.82) is 0 Å². The summed E-state index contributed by atoms with van der Waals surface area (Å²) in [5.74, 6) is 2.93. The van der Waals surface area contributed by atoms with E-state index in [9.17, 15) is 4.79 Å². The first-order valence-electron chi connectivity index (χ1n) is 8.71. The van der Waals surface area contributed by atoms with Crippen LogP contribution in [-0.4, -0.2) is 24.7 Å². The zero-order chi connectivity index (χ0) is 15.6. The summed E-state index contributed by atoms with van der Waals surface area (Å²) in [5, 5.41) is 3.42. The van der Waals surface area contributed by atoms with Gasteiger partial charge in [-0.05, 0) is 76.7 Å². The van der Waals surface area contributed by atoms with Crippen molar-refractivity contribution in [2.24, 2.45) is 29.6 Å². The van der Waals surface area contributed by atoms with Crippen LogP contribution in [0.15, 0.2) is 0 Å². The van der Waals surface area contributed by atoms with E-state index in [1.54, 1.807) is 0 Å². The third-order valence-electron chi connectivity index (χ3n) is 5.34. The number of carbonyl (C=O) groups is 1. The van der Waals surface area contributed by atoms with Crippen molar-refractivity contribution in [3.63, 3.8) is 0 Å². The molecule has 3 nitrogen and oxygen atoms in total. The van der Waals surface area contributed by atoms with Crippen LogP contribution >= 0.6 is 0 Å². The summed E-state index contributed by atoms with van der Waals surface area (Å²) in [6.07, 6.45) is 5.24. The summed E-state index contributed by atoms with van der Waals surface area (Å²) < 4.78 is 5.62. The number of hydrogen-bond donors (Lipinski definition) is 1. The van der Waals surface area contributed by atoms with E-state index in [-0.39, 0.29) is 17.5 Å². The fourth-order valence-electron chi connectivity index (χ4n) is 4.07. The maximum Gasteiger partial charge on any atom is 0.311 e. The number of ether oxygens (including phenoxy) is 1. The van der Waals surface area contributed by atoms with E-state index < -0.39 is 0 Å². The van der Waals surface area contributed by atoms with Gasteiger partial charge < -0.3 is 10.1 Å². The highest BCUT2D eigenvalue weighted by Gasteiger charge is 2.41. The zero-order valence-corrected chi connectivity index (χ0v) is 14.4. The molecular weight excluding hydrogens is 262 g/mol. The Morgan fingerprint density at radius 3 is 2.24 bits per heavy atom. The number of hydrogen-bond acceptors (Lipinski definition) is 3. The number of esters is 1. The Morgan fingerprint density at radius 1 is 1.10 bits per heavy atom. The Bertz CT molecular complexity index is 351. The molecule has 1 aliphatic carbocycles. The van der Waals surface area contributed by atoms with Gasteiger partial charge in [0.15, 0.2) is 0 Å². The lowest BCUT2D eigenvalue weighted by atomic mass is 9.70. The molecular formula is C18H33NO2. The average molecular weight is 295 g/mol. The van der Waals surface area contributed by atoms with Crippen LogP contribution in [0.3, 0.4) is 0 Å². The van der Waals surface area contributed by atoms with E-state index in [0.29, 0.717) is 11.8 Å². The lowest BCUT2D eigenvalue weighted by Gasteiger charge is -2.35. The quantitative estimate of drug-likeness (QED) is 0.808. The van der Waals surface area contributed by atoms with Gasteiger partial charge >= 0.3 is 5.97 Å². The second kappa shape index (κ2) is 6.68. The van der Waals surface area contributed by atoms with Crippen molar-refractivity contribution >= 4 is 5.97 Å². The van der Waals surface area contributed by atoms with Gasteiger partial charge in [0, 0.05) is 6.54 Å². The van der Waals surface area contributed by atoms with E-state index >= 15 is 0 Å². The van der Waals surface area contributed by atoms with Gasteiger partial charge in [-0.3, -0.25) is 4.79 Å². The molecule has 2 fully saturated rings. The fraction of sp³-hybridized carbons (Fsp3) is 0.944. The Labute approximate surface area is 130 Å². The Hall–Kier alpha value is -0.570. The van der Waals surface area contributed by atoms with Crippen LogP contribution in [0.4, 0.5) is 0 Å². The van der Waals surface area contributed by atoms with Crippen molar-refractivity contribution < 1.29 is 9.53 Å². The molecule has 2 unspecified atom stereocenters. The average Bonchev–Trinajstić information content (AvgIpc) is 2.86. The molecule has 1 saturated heterocycles. The first kappa shape index (κ1) is 16.8. The Kier molecular flexibility index (Phi) is 5.34. The summed E-state index contributed by atoms with van der Waals surface area (Å²) in [6, 6.07) is 0. The van der Waals surface area contributed by atoms with Gasteiger partial charge in [-0.1, -0.05) is 13.8 Å². The molecule has 1 saturated carbocycles. The molecule has 0 aromatic rings. The van der Waals surface area contributed by atoms with Crippen molar-refractivity contribution in [3.05, 3.63) is 0 Å². The van der Waals surface area contributed by atoms with Gasteiger partial charge in [-0.15, -0.1) is 0 Å². The smallest absolute Gasteiger partial charge is 0.311 e. The van der Waals surface area contributed by atoms with Gasteiger partial charge in [0.1, 0.15) is 5.60 Å². The Morgan fingerprint density at radius 2 is 1.71 bits per heavy atom. The van der Waals surface area contributed by atoms with Gasteiger partial charge in [0.2, 0.25) is 0 Å². The minimum absolute atomic E-state index is 0.00323. The Balaban J connectivity index is 1.92. The highest BCUT2D eigenvalue weighted by molar-refractivity contribution is 5.74. The van der Waals surface area contributed by atoms with Crippen LogP contribution in [0.5, 0.6) is 0 Å². The summed E-state index contributed by atoms with van der Waals surface area (Å²) in [4.78, 5) is 12.4. The van der Waals surface area contributed by atoms with Gasteiger partial charge in [-0.25, -0.2) is 0 Å². The first-order valence-corrected chi connectivity index (χ1v) is 8.71. The standard InChI is InChI=1S/C18H33NO2/c1-12(2)13-6-8-14(9-7-13)15-10-19-11-16(15)17(20)21-18(3,4)5/h12-16,19H,6-11H2,1-5H3. The van der Waals surface area contributed by atoms with Crippen LogP contribution in [0.1, 0.15) is 60.3 Å². The van der Waals surface area contributed by atoms with Crippen molar-refractivity contribution in [2.75, 3.05) is 13.1 Å². The van der Waals surface area contributed by atoms with Gasteiger partial charge in [0.25, 0.3) is 0 Å². The molecule has 3 heteroatoms. The lowest BCUT2D eigenvalue weighted by molar-refractivity contribution is -0.161. The number of carbonyl (C=O) groups excluding carboxylic acids is 1. The monoisotopic (exact) mass is 295 g/mol. The van der Waals surface area contributed by atoms with Crippen molar-refractivity contribution in [3.8, 4) is 0 Å². The summed E-state index contributed by atoms with van der Waals surface area (Å²) in [6.45, 7) is 12.3. The molecule has 0 radical (unpaired) electrons. The van der Waals surface area contributed by atoms with E-state index in [1.807, 2.05) is 20.8 Å². The molecule has 2 aliphatic rings. The van der Waals surface area contributed by atoms with Crippen LogP contribution < -0.4 is 5.32 Å². The molecule has 0 aromatic carbocycles. The molecule has 0 bridgehead atoms. The normalized spacial score (nSPS) is 34.2. The van der Waals surface area contributed by atoms with Crippen LogP contribution in [0.25, 0.3) is 0 Å². The largest absolute Gasteiger partial charge is 0.460 e. The van der Waals surface area contributed by atoms with Crippen molar-refractivity contribution in [1.82, 2.24) is 5.32 Å². The predicted octanol–water partition coefficient (Wildman–Crippen LogP) is 3.63. The summed E-state index contributed by atoms with van der Waals surface area (Å²) in [7, 11) is 0. The van der Waals surface area contributed by atoms with E-state index in [0.717, 1.165) is 24.9 Å². The zero-order valence-electron chi connectivity index (χ0n) is 14.4. The highest BCUT2D eigenvalue weighted by Crippen LogP contribution is 2.40. The second-order valence-electron chi connectivity index (χ2n) is 8.38. The van der Waals surface area contributed by atoms with Gasteiger partial charge in [-0.2, -0.15) is 0 Å². The maximum atomic E-state index is 12.4. The van der Waals surface area contributed by atoms with Crippen LogP contribution in [-0.2, 0) is 9.53 Å². The molecule has 0 amide bonds. The van der Waals surface area contributed by atoms with E-state index in [1.165, 1.54) is 25.7 Å². The maximum absolute atomic E-state index is 12.4. The molecule has 1 N–H and O–H groups in total. The predicted molar refractivity (Wildman–Crippen MR) is 86.0 cm³/mol. The van der Waals surface area contributed by atoms with E-state index in [2.05, 4.69) is 19.2 Å². The molecule has 2 rings (SSSR count). The summed E-state index contributed by atoms with van der Waals surface area (Å²) >= 11 is 0. The molecule has 21 heavy (non-hydrogen) atoms. The minimum Gasteiger partial charge on any atom is -0.460 e. The topological polar surface area (TPSA) is 38.3 Å². The summed E-state index contributed by atoms with van der Waals surface area (Å²) in [5.41, 5.74) is -0.375. The third-order valence-corrected chi connectivity index (χ3v) is 5.34. The number of rotatable bonds is 3. The minimum atomic E-state index is -0.375. The number of nitrogens with one attached hydrogen (secondary N) is 1. The second-order valence-corrected chi connectivity index (χ2v) is 8.38. The van der Waals surface area contributed by atoms with Crippen LogP contribution in [0.2, 0.25) is 0 Å². The van der Waals surface area contributed by atoms with Crippen LogP contribution in [0, 0.1) is 29.6 Å². The molecule has 1 heterocycles. The molecule has 2 atom stereocenters. The lowest BCUT2D eigenvalue weighted by Crippen LogP contribution is -2.36. The fourth-order valence-corrected chi connectivity index (χ4v) is 4.07. The first-order chi connectivity index (χ1) is 9.78. The SMILES string of the molecule is CC(C)C1CCC(C2CNCC2C(=O)OC(C)(C)C)CC1. The molecule has 1 aliphatic heterocycles. The molecule has 122 valence electrons. The third kappa shape index (κ3) is 4.45. The molecule has 0 aromatic heterocycles. The van der Waals surface area contributed by atoms with E-state index in [4.69, 9.17) is 4.74 Å². The molecule has 0 spiro atoms.